The molecular weight excluding hydrogens is 296 g/mol. The molecule has 3 aromatic rings. The van der Waals surface area contributed by atoms with E-state index in [1.54, 1.807) is 0 Å². The van der Waals surface area contributed by atoms with E-state index in [1.807, 2.05) is 12.3 Å². The summed E-state index contributed by atoms with van der Waals surface area (Å²) in [6.07, 6.45) is 6.73. The van der Waals surface area contributed by atoms with Gasteiger partial charge >= 0.3 is 0 Å². The quantitative estimate of drug-likeness (QED) is 0.801. The number of aromatic nitrogens is 3. The normalized spacial score (nSPS) is 18.6. The molecule has 24 heavy (non-hydrogen) atoms. The number of imidazole rings is 1. The fourth-order valence-corrected chi connectivity index (χ4v) is 3.66. The molecule has 4 rings (SSSR count). The summed E-state index contributed by atoms with van der Waals surface area (Å²) >= 11 is 0. The fraction of sp³-hybridized carbons (Fsp3) is 0.400. The highest BCUT2D eigenvalue weighted by Crippen LogP contribution is 2.23. The summed E-state index contributed by atoms with van der Waals surface area (Å²) in [5.74, 6) is 1.92. The second-order valence-corrected chi connectivity index (χ2v) is 6.68. The molecule has 0 spiro atoms. The van der Waals surface area contributed by atoms with E-state index in [9.17, 15) is 0 Å². The minimum absolute atomic E-state index is 0.722. The van der Waals surface area contributed by atoms with Crippen LogP contribution in [0.4, 0.5) is 0 Å². The Hall–Kier alpha value is -2.20. The Morgan fingerprint density at radius 3 is 2.88 bits per heavy atom. The first-order valence-electron chi connectivity index (χ1n) is 8.95. The molecule has 1 aliphatic heterocycles. The lowest BCUT2D eigenvalue weighted by molar-refractivity contribution is 0.452. The highest BCUT2D eigenvalue weighted by Gasteiger charge is 2.18. The Morgan fingerprint density at radius 2 is 1.96 bits per heavy atom. The molecule has 4 nitrogen and oxygen atoms in total. The molecule has 0 saturated carbocycles. The molecular formula is C20H24N4. The molecule has 0 bridgehead atoms. The molecule has 1 fully saturated rings. The molecule has 1 aliphatic rings. The van der Waals surface area contributed by atoms with Gasteiger partial charge in [0.2, 0.25) is 0 Å². The maximum Gasteiger partial charge on any atom is 0.110 e. The molecule has 0 radical (unpaired) electrons. The van der Waals surface area contributed by atoms with Gasteiger partial charge in [0.15, 0.2) is 0 Å². The van der Waals surface area contributed by atoms with Gasteiger partial charge in [0.05, 0.1) is 23.3 Å². The summed E-state index contributed by atoms with van der Waals surface area (Å²) in [7, 11) is 0. The SMILES string of the molecule is c1ccc(Cn2c(CC3CCCNCC3)nc3ccccc32)nc1. The van der Waals surface area contributed by atoms with Gasteiger partial charge in [-0.1, -0.05) is 18.2 Å². The van der Waals surface area contributed by atoms with Crippen LogP contribution in [0.3, 0.4) is 0 Å². The standard InChI is InChI=1S/C20H24N4/c1-2-9-19-18(8-1)23-20(14-16-6-5-11-21-13-10-16)24(19)15-17-7-3-4-12-22-17/h1-4,7-9,12,16,21H,5-6,10-11,13-15H2. The number of pyridine rings is 1. The topological polar surface area (TPSA) is 42.7 Å². The van der Waals surface area contributed by atoms with Crippen LogP contribution in [0.15, 0.2) is 48.7 Å². The highest BCUT2D eigenvalue weighted by atomic mass is 15.1. The molecule has 0 amide bonds. The summed E-state index contributed by atoms with van der Waals surface area (Å²) < 4.78 is 2.36. The number of rotatable bonds is 4. The van der Waals surface area contributed by atoms with Crippen LogP contribution in [0.2, 0.25) is 0 Å². The average molecular weight is 320 g/mol. The smallest absolute Gasteiger partial charge is 0.110 e. The second-order valence-electron chi connectivity index (χ2n) is 6.68. The van der Waals surface area contributed by atoms with Crippen LogP contribution in [-0.2, 0) is 13.0 Å². The number of nitrogens with zero attached hydrogens (tertiary/aromatic N) is 3. The average Bonchev–Trinajstić information content (AvgIpc) is 2.79. The maximum absolute atomic E-state index is 4.95. The van der Waals surface area contributed by atoms with Crippen molar-refractivity contribution in [3.05, 3.63) is 60.2 Å². The molecule has 0 aliphatic carbocycles. The van der Waals surface area contributed by atoms with E-state index in [0.717, 1.165) is 43.2 Å². The van der Waals surface area contributed by atoms with E-state index >= 15 is 0 Å². The number of hydrogen-bond donors (Lipinski definition) is 1. The lowest BCUT2D eigenvalue weighted by Crippen LogP contribution is -2.15. The van der Waals surface area contributed by atoms with Crippen molar-refractivity contribution in [2.75, 3.05) is 13.1 Å². The monoisotopic (exact) mass is 320 g/mol. The van der Waals surface area contributed by atoms with Gasteiger partial charge < -0.3 is 9.88 Å². The van der Waals surface area contributed by atoms with Crippen LogP contribution in [0.5, 0.6) is 0 Å². The van der Waals surface area contributed by atoms with Crippen molar-refractivity contribution >= 4 is 11.0 Å². The molecule has 1 unspecified atom stereocenters. The molecule has 1 N–H and O–H groups in total. The van der Waals surface area contributed by atoms with Crippen LogP contribution in [0.1, 0.15) is 30.8 Å². The highest BCUT2D eigenvalue weighted by molar-refractivity contribution is 5.76. The number of fused-ring (bicyclic) bond motifs is 1. The van der Waals surface area contributed by atoms with Crippen molar-refractivity contribution in [3.8, 4) is 0 Å². The van der Waals surface area contributed by atoms with E-state index in [1.165, 1.54) is 30.6 Å². The first-order valence-corrected chi connectivity index (χ1v) is 8.95. The Morgan fingerprint density at radius 1 is 1.04 bits per heavy atom. The van der Waals surface area contributed by atoms with Crippen molar-refractivity contribution in [1.29, 1.82) is 0 Å². The Bertz CT molecular complexity index is 786. The fourth-order valence-electron chi connectivity index (χ4n) is 3.66. The Labute approximate surface area is 142 Å². The van der Waals surface area contributed by atoms with Gasteiger partial charge in [-0.15, -0.1) is 0 Å². The first-order chi connectivity index (χ1) is 11.9. The maximum atomic E-state index is 4.95. The van der Waals surface area contributed by atoms with Gasteiger partial charge in [-0.3, -0.25) is 4.98 Å². The summed E-state index contributed by atoms with van der Waals surface area (Å²) in [5, 5.41) is 3.51. The predicted octanol–water partition coefficient (Wildman–Crippen LogP) is 3.41. The van der Waals surface area contributed by atoms with Gasteiger partial charge in [0, 0.05) is 12.6 Å². The van der Waals surface area contributed by atoms with E-state index < -0.39 is 0 Å². The van der Waals surface area contributed by atoms with Crippen molar-refractivity contribution in [3.63, 3.8) is 0 Å². The number of benzene rings is 1. The summed E-state index contributed by atoms with van der Waals surface area (Å²) in [6, 6.07) is 14.6. The first kappa shape index (κ1) is 15.3. The van der Waals surface area contributed by atoms with Crippen molar-refractivity contribution in [1.82, 2.24) is 19.9 Å². The van der Waals surface area contributed by atoms with Crippen LogP contribution < -0.4 is 5.32 Å². The van der Waals surface area contributed by atoms with Crippen LogP contribution in [-0.4, -0.2) is 27.6 Å². The molecule has 1 atom stereocenters. The third-order valence-corrected chi connectivity index (χ3v) is 4.95. The van der Waals surface area contributed by atoms with Crippen molar-refractivity contribution < 1.29 is 0 Å². The van der Waals surface area contributed by atoms with Gasteiger partial charge in [-0.05, 0) is 62.5 Å². The zero-order valence-corrected chi connectivity index (χ0v) is 14.0. The van der Waals surface area contributed by atoms with E-state index in [2.05, 4.69) is 51.3 Å². The van der Waals surface area contributed by atoms with Crippen LogP contribution >= 0.6 is 0 Å². The van der Waals surface area contributed by atoms with Gasteiger partial charge in [0.25, 0.3) is 0 Å². The zero-order valence-electron chi connectivity index (χ0n) is 14.0. The van der Waals surface area contributed by atoms with E-state index in [0.29, 0.717) is 0 Å². The van der Waals surface area contributed by atoms with E-state index in [4.69, 9.17) is 4.98 Å². The third kappa shape index (κ3) is 3.34. The second kappa shape index (κ2) is 7.14. The van der Waals surface area contributed by atoms with Crippen LogP contribution in [0.25, 0.3) is 11.0 Å². The summed E-state index contributed by atoms with van der Waals surface area (Å²) in [6.45, 7) is 3.08. The Balaban J connectivity index is 1.67. The van der Waals surface area contributed by atoms with Gasteiger partial charge in [-0.25, -0.2) is 4.98 Å². The molecule has 124 valence electrons. The zero-order chi connectivity index (χ0) is 16.2. The predicted molar refractivity (Wildman–Crippen MR) is 97.0 cm³/mol. The molecule has 2 aromatic heterocycles. The minimum atomic E-state index is 0.722. The summed E-state index contributed by atoms with van der Waals surface area (Å²) in [5.41, 5.74) is 3.39. The molecule has 4 heteroatoms. The summed E-state index contributed by atoms with van der Waals surface area (Å²) in [4.78, 5) is 9.45. The van der Waals surface area contributed by atoms with Crippen molar-refractivity contribution in [2.45, 2.75) is 32.2 Å². The number of para-hydroxylation sites is 2. The third-order valence-electron chi connectivity index (χ3n) is 4.95. The minimum Gasteiger partial charge on any atom is -0.322 e. The van der Waals surface area contributed by atoms with Gasteiger partial charge in [-0.2, -0.15) is 0 Å². The largest absolute Gasteiger partial charge is 0.322 e. The Kier molecular flexibility index (Phi) is 4.56. The number of nitrogens with one attached hydrogen (secondary N) is 1. The molecule has 1 aromatic carbocycles. The van der Waals surface area contributed by atoms with Crippen molar-refractivity contribution in [2.24, 2.45) is 5.92 Å². The van der Waals surface area contributed by atoms with Crippen LogP contribution in [0, 0.1) is 5.92 Å². The molecule has 3 heterocycles. The molecule has 1 saturated heterocycles. The lowest BCUT2D eigenvalue weighted by Gasteiger charge is -2.15. The van der Waals surface area contributed by atoms with E-state index in [-0.39, 0.29) is 0 Å². The van der Waals surface area contributed by atoms with Gasteiger partial charge in [0.1, 0.15) is 5.82 Å². The number of hydrogen-bond acceptors (Lipinski definition) is 3. The lowest BCUT2D eigenvalue weighted by atomic mass is 9.96.